The molecule has 23 heavy (non-hydrogen) atoms. The molecule has 0 aromatic heterocycles. The minimum Gasteiger partial charge on any atom is -0.489 e. The second-order valence-corrected chi connectivity index (χ2v) is 5.65. The number of aliphatic hydroxyl groups excluding tert-OH is 1. The summed E-state index contributed by atoms with van der Waals surface area (Å²) in [7, 11) is 0. The standard InChI is InChI=1S/C21H20O2/c1-16-2-8-19(9-3-16)20-10-4-18(5-11-20)15-23-21-12-6-17(14-22)7-13-21/h2-13,22H,14-15H2,1H3. The smallest absolute Gasteiger partial charge is 0.119 e. The third-order valence-corrected chi connectivity index (χ3v) is 3.85. The van der Waals surface area contributed by atoms with Crippen LogP contribution in [0.1, 0.15) is 16.7 Å². The maximum absolute atomic E-state index is 9.03. The van der Waals surface area contributed by atoms with Crippen molar-refractivity contribution in [1.29, 1.82) is 0 Å². The van der Waals surface area contributed by atoms with Crippen molar-refractivity contribution in [2.45, 2.75) is 20.1 Å². The number of hydrogen-bond acceptors (Lipinski definition) is 2. The second kappa shape index (κ2) is 7.12. The lowest BCUT2D eigenvalue weighted by Gasteiger charge is -2.08. The van der Waals surface area contributed by atoms with Gasteiger partial charge in [0, 0.05) is 0 Å². The lowest BCUT2D eigenvalue weighted by atomic mass is 10.0. The molecule has 0 aliphatic rings. The molecule has 2 heteroatoms. The van der Waals surface area contributed by atoms with Crippen molar-refractivity contribution >= 4 is 0 Å². The van der Waals surface area contributed by atoms with Crippen LogP contribution in [0.4, 0.5) is 0 Å². The van der Waals surface area contributed by atoms with E-state index in [0.717, 1.165) is 16.9 Å². The summed E-state index contributed by atoms with van der Waals surface area (Å²) in [5, 5.41) is 9.03. The molecule has 0 atom stereocenters. The molecule has 0 bridgehead atoms. The topological polar surface area (TPSA) is 29.5 Å². The maximum Gasteiger partial charge on any atom is 0.119 e. The SMILES string of the molecule is Cc1ccc(-c2ccc(COc3ccc(CO)cc3)cc2)cc1. The van der Waals surface area contributed by atoms with Crippen LogP contribution in [0.25, 0.3) is 11.1 Å². The summed E-state index contributed by atoms with van der Waals surface area (Å²) < 4.78 is 5.77. The number of rotatable bonds is 5. The molecule has 0 saturated heterocycles. The van der Waals surface area contributed by atoms with Gasteiger partial charge in [-0.2, -0.15) is 0 Å². The van der Waals surface area contributed by atoms with Gasteiger partial charge >= 0.3 is 0 Å². The predicted molar refractivity (Wildman–Crippen MR) is 93.3 cm³/mol. The average molecular weight is 304 g/mol. The molecule has 0 saturated carbocycles. The second-order valence-electron chi connectivity index (χ2n) is 5.65. The van der Waals surface area contributed by atoms with Crippen LogP contribution in [-0.2, 0) is 13.2 Å². The van der Waals surface area contributed by atoms with Crippen molar-refractivity contribution in [3.05, 3.63) is 89.5 Å². The van der Waals surface area contributed by atoms with Crippen molar-refractivity contribution < 1.29 is 9.84 Å². The molecule has 1 N–H and O–H groups in total. The number of aryl methyl sites for hydroxylation is 1. The Bertz CT molecular complexity index is 741. The number of hydrogen-bond donors (Lipinski definition) is 1. The molecule has 0 fully saturated rings. The molecule has 0 aliphatic heterocycles. The minimum absolute atomic E-state index is 0.0563. The van der Waals surface area contributed by atoms with Crippen LogP contribution in [0.5, 0.6) is 5.75 Å². The predicted octanol–water partition coefficient (Wildman–Crippen LogP) is 4.73. The van der Waals surface area contributed by atoms with E-state index in [1.807, 2.05) is 24.3 Å². The molecule has 0 spiro atoms. The highest BCUT2D eigenvalue weighted by Gasteiger charge is 2.00. The molecule has 0 radical (unpaired) electrons. The van der Waals surface area contributed by atoms with Crippen LogP contribution in [0.2, 0.25) is 0 Å². The molecule has 3 aromatic carbocycles. The molecular formula is C21H20O2. The highest BCUT2D eigenvalue weighted by atomic mass is 16.5. The fraction of sp³-hybridized carbons (Fsp3) is 0.143. The van der Waals surface area contributed by atoms with E-state index in [1.165, 1.54) is 16.7 Å². The molecule has 0 heterocycles. The van der Waals surface area contributed by atoms with Crippen LogP contribution in [0.3, 0.4) is 0 Å². The van der Waals surface area contributed by atoms with Crippen LogP contribution >= 0.6 is 0 Å². The number of benzene rings is 3. The molecule has 116 valence electrons. The Morgan fingerprint density at radius 1 is 0.696 bits per heavy atom. The lowest BCUT2D eigenvalue weighted by Crippen LogP contribution is -1.95. The molecule has 3 aromatic rings. The number of aliphatic hydroxyl groups is 1. The van der Waals surface area contributed by atoms with E-state index < -0.39 is 0 Å². The molecular weight excluding hydrogens is 284 g/mol. The first-order valence-electron chi connectivity index (χ1n) is 7.73. The molecule has 2 nitrogen and oxygen atoms in total. The van der Waals surface area contributed by atoms with Gasteiger partial charge in [-0.3, -0.25) is 0 Å². The van der Waals surface area contributed by atoms with Gasteiger partial charge in [-0.1, -0.05) is 66.2 Å². The maximum atomic E-state index is 9.03. The van der Waals surface area contributed by atoms with Gasteiger partial charge in [-0.15, -0.1) is 0 Å². The molecule has 3 rings (SSSR count). The number of ether oxygens (including phenoxy) is 1. The van der Waals surface area contributed by atoms with Gasteiger partial charge in [-0.25, -0.2) is 0 Å². The van der Waals surface area contributed by atoms with Crippen molar-refractivity contribution in [3.8, 4) is 16.9 Å². The van der Waals surface area contributed by atoms with Crippen molar-refractivity contribution in [2.24, 2.45) is 0 Å². The van der Waals surface area contributed by atoms with Crippen molar-refractivity contribution in [2.75, 3.05) is 0 Å². The molecule has 0 aliphatic carbocycles. The van der Waals surface area contributed by atoms with E-state index in [-0.39, 0.29) is 6.61 Å². The zero-order valence-electron chi connectivity index (χ0n) is 13.2. The minimum atomic E-state index is 0.0563. The van der Waals surface area contributed by atoms with Crippen molar-refractivity contribution in [3.63, 3.8) is 0 Å². The highest BCUT2D eigenvalue weighted by molar-refractivity contribution is 5.63. The third kappa shape index (κ3) is 3.99. The summed E-state index contributed by atoms with van der Waals surface area (Å²) in [6.07, 6.45) is 0. The first kappa shape index (κ1) is 15.3. The lowest BCUT2D eigenvalue weighted by molar-refractivity contribution is 0.280. The van der Waals surface area contributed by atoms with Gasteiger partial charge in [-0.05, 0) is 41.3 Å². The fourth-order valence-electron chi connectivity index (χ4n) is 2.40. The summed E-state index contributed by atoms with van der Waals surface area (Å²) >= 11 is 0. The van der Waals surface area contributed by atoms with Gasteiger partial charge < -0.3 is 9.84 Å². The Balaban J connectivity index is 1.64. The zero-order valence-corrected chi connectivity index (χ0v) is 13.2. The van der Waals surface area contributed by atoms with Crippen LogP contribution < -0.4 is 4.74 Å². The van der Waals surface area contributed by atoms with Gasteiger partial charge in [0.25, 0.3) is 0 Å². The monoisotopic (exact) mass is 304 g/mol. The van der Waals surface area contributed by atoms with Crippen LogP contribution in [0, 0.1) is 6.92 Å². The van der Waals surface area contributed by atoms with Gasteiger partial charge in [0.2, 0.25) is 0 Å². The largest absolute Gasteiger partial charge is 0.489 e. The van der Waals surface area contributed by atoms with E-state index in [9.17, 15) is 0 Å². The normalized spacial score (nSPS) is 10.5. The Morgan fingerprint density at radius 2 is 1.22 bits per heavy atom. The van der Waals surface area contributed by atoms with Gasteiger partial charge in [0.05, 0.1) is 6.61 Å². The molecule has 0 unspecified atom stereocenters. The summed E-state index contributed by atoms with van der Waals surface area (Å²) in [4.78, 5) is 0. The fourth-order valence-corrected chi connectivity index (χ4v) is 2.40. The average Bonchev–Trinajstić information content (AvgIpc) is 2.61. The Kier molecular flexibility index (Phi) is 4.74. The quantitative estimate of drug-likeness (QED) is 0.738. The van der Waals surface area contributed by atoms with Gasteiger partial charge in [0.15, 0.2) is 0 Å². The Morgan fingerprint density at radius 3 is 1.78 bits per heavy atom. The summed E-state index contributed by atoms with van der Waals surface area (Å²) in [5.74, 6) is 0.810. The van der Waals surface area contributed by atoms with E-state index in [2.05, 4.69) is 55.5 Å². The van der Waals surface area contributed by atoms with Crippen molar-refractivity contribution in [1.82, 2.24) is 0 Å². The highest BCUT2D eigenvalue weighted by Crippen LogP contribution is 2.21. The first-order chi connectivity index (χ1) is 11.2. The Labute approximate surface area is 137 Å². The molecule has 0 amide bonds. The van der Waals surface area contributed by atoms with E-state index in [1.54, 1.807) is 0 Å². The van der Waals surface area contributed by atoms with E-state index >= 15 is 0 Å². The van der Waals surface area contributed by atoms with E-state index in [4.69, 9.17) is 9.84 Å². The summed E-state index contributed by atoms with van der Waals surface area (Å²) in [6, 6.07) is 24.5. The zero-order chi connectivity index (χ0) is 16.1. The summed E-state index contributed by atoms with van der Waals surface area (Å²) in [6.45, 7) is 2.69. The summed E-state index contributed by atoms with van der Waals surface area (Å²) in [5.41, 5.74) is 5.72. The Hall–Kier alpha value is -2.58. The van der Waals surface area contributed by atoms with Crippen LogP contribution in [0.15, 0.2) is 72.8 Å². The third-order valence-electron chi connectivity index (χ3n) is 3.85. The van der Waals surface area contributed by atoms with Gasteiger partial charge in [0.1, 0.15) is 12.4 Å². The van der Waals surface area contributed by atoms with Crippen LogP contribution in [-0.4, -0.2) is 5.11 Å². The first-order valence-corrected chi connectivity index (χ1v) is 7.73. The van der Waals surface area contributed by atoms with E-state index in [0.29, 0.717) is 6.61 Å².